The number of benzene rings is 2. The number of sulfone groups is 1. The number of hydrogen-bond donors (Lipinski definition) is 2. The molecule has 0 bridgehead atoms. The standard InChI is InChI=1S/C21H25N3O5S/c1-14-20(16-7-5-6-8-17(16)24(14)2)30(26,27)12-11-22-21(25)23-15-9-10-18(28-3)19(13-15)29-4/h5-10,13H,11-12H2,1-4H3,(H2,22,23,25). The third-order valence-corrected chi connectivity index (χ3v) is 6.83. The van der Waals surface area contributed by atoms with E-state index < -0.39 is 15.9 Å². The van der Waals surface area contributed by atoms with E-state index in [1.165, 1.54) is 14.2 Å². The molecule has 2 amide bonds. The SMILES string of the molecule is COc1ccc(NC(=O)NCCS(=O)(=O)c2c(C)n(C)c3ccccc23)cc1OC. The summed E-state index contributed by atoms with van der Waals surface area (Å²) in [5.74, 6) is 0.811. The monoisotopic (exact) mass is 431 g/mol. The van der Waals surface area contributed by atoms with Gasteiger partial charge in [-0.05, 0) is 25.1 Å². The molecule has 2 N–H and O–H groups in total. The molecule has 8 nitrogen and oxygen atoms in total. The molecule has 0 aliphatic carbocycles. The number of carbonyl (C=O) groups is 1. The van der Waals surface area contributed by atoms with Crippen molar-refractivity contribution in [2.24, 2.45) is 7.05 Å². The Hall–Kier alpha value is -3.20. The van der Waals surface area contributed by atoms with Crippen LogP contribution in [0.25, 0.3) is 10.9 Å². The van der Waals surface area contributed by atoms with Gasteiger partial charge in [-0.25, -0.2) is 13.2 Å². The van der Waals surface area contributed by atoms with Crippen molar-refractivity contribution in [1.29, 1.82) is 0 Å². The highest BCUT2D eigenvalue weighted by atomic mass is 32.2. The number of carbonyl (C=O) groups excluding carboxylic acids is 1. The summed E-state index contributed by atoms with van der Waals surface area (Å²) in [6.45, 7) is 1.76. The lowest BCUT2D eigenvalue weighted by molar-refractivity contribution is 0.252. The van der Waals surface area contributed by atoms with Gasteiger partial charge in [0.1, 0.15) is 0 Å². The zero-order valence-corrected chi connectivity index (χ0v) is 18.2. The highest BCUT2D eigenvalue weighted by Crippen LogP contribution is 2.30. The molecule has 160 valence electrons. The maximum Gasteiger partial charge on any atom is 0.319 e. The fraction of sp³-hybridized carbons (Fsp3) is 0.286. The third kappa shape index (κ3) is 4.20. The first kappa shape index (κ1) is 21.5. The zero-order valence-electron chi connectivity index (χ0n) is 17.4. The van der Waals surface area contributed by atoms with Crippen molar-refractivity contribution < 1.29 is 22.7 Å². The summed E-state index contributed by atoms with van der Waals surface area (Å²) in [4.78, 5) is 12.5. The molecule has 0 atom stereocenters. The van der Waals surface area contributed by atoms with Gasteiger partial charge in [-0.2, -0.15) is 0 Å². The first-order valence-corrected chi connectivity index (χ1v) is 11.0. The third-order valence-electron chi connectivity index (χ3n) is 4.95. The summed E-state index contributed by atoms with van der Waals surface area (Å²) < 4.78 is 38.1. The number of urea groups is 1. The number of rotatable bonds is 7. The minimum absolute atomic E-state index is 0.0237. The van der Waals surface area contributed by atoms with Crippen LogP contribution in [0.3, 0.4) is 0 Å². The Labute approximate surface area is 175 Å². The highest BCUT2D eigenvalue weighted by Gasteiger charge is 2.24. The molecule has 9 heteroatoms. The Kier molecular flexibility index (Phi) is 6.21. The van der Waals surface area contributed by atoms with Gasteiger partial charge in [0.25, 0.3) is 0 Å². The molecular formula is C21H25N3O5S. The van der Waals surface area contributed by atoms with Crippen LogP contribution in [-0.4, -0.2) is 45.5 Å². The normalized spacial score (nSPS) is 11.3. The minimum atomic E-state index is -3.58. The van der Waals surface area contributed by atoms with E-state index in [4.69, 9.17) is 9.47 Å². The maximum absolute atomic E-state index is 13.0. The number of nitrogens with zero attached hydrogens (tertiary/aromatic N) is 1. The van der Waals surface area contributed by atoms with Crippen LogP contribution >= 0.6 is 0 Å². The van der Waals surface area contributed by atoms with E-state index in [0.717, 1.165) is 5.52 Å². The summed E-state index contributed by atoms with van der Waals surface area (Å²) in [7, 11) is 1.28. The lowest BCUT2D eigenvalue weighted by Crippen LogP contribution is -2.33. The number of aryl methyl sites for hydroxylation is 1. The number of aromatic nitrogens is 1. The zero-order chi connectivity index (χ0) is 21.9. The average Bonchev–Trinajstić information content (AvgIpc) is 2.99. The number of para-hydroxylation sites is 1. The molecule has 1 heterocycles. The smallest absolute Gasteiger partial charge is 0.319 e. The number of amides is 2. The topological polar surface area (TPSA) is 98.7 Å². The summed E-state index contributed by atoms with van der Waals surface area (Å²) in [5.41, 5.74) is 2.02. The molecule has 0 unspecified atom stereocenters. The fourth-order valence-electron chi connectivity index (χ4n) is 3.37. The van der Waals surface area contributed by atoms with Gasteiger partial charge < -0.3 is 24.7 Å². The van der Waals surface area contributed by atoms with Gasteiger partial charge in [-0.15, -0.1) is 0 Å². The van der Waals surface area contributed by atoms with Crippen LogP contribution in [0, 0.1) is 6.92 Å². The van der Waals surface area contributed by atoms with Crippen LogP contribution in [0.1, 0.15) is 5.69 Å². The Balaban J connectivity index is 1.66. The van der Waals surface area contributed by atoms with E-state index in [1.54, 1.807) is 31.2 Å². The quantitative estimate of drug-likeness (QED) is 0.599. The predicted molar refractivity (Wildman–Crippen MR) is 116 cm³/mol. The Morgan fingerprint density at radius 1 is 1.07 bits per heavy atom. The van der Waals surface area contributed by atoms with Crippen molar-refractivity contribution in [3.8, 4) is 11.5 Å². The van der Waals surface area contributed by atoms with E-state index in [9.17, 15) is 13.2 Å². The van der Waals surface area contributed by atoms with Crippen molar-refractivity contribution >= 4 is 32.5 Å². The van der Waals surface area contributed by atoms with Crippen LogP contribution in [-0.2, 0) is 16.9 Å². The first-order valence-electron chi connectivity index (χ1n) is 9.32. The lowest BCUT2D eigenvalue weighted by Gasteiger charge is -2.11. The molecule has 30 heavy (non-hydrogen) atoms. The van der Waals surface area contributed by atoms with Crippen molar-refractivity contribution in [3.05, 3.63) is 48.2 Å². The Bertz CT molecular complexity index is 1180. The summed E-state index contributed by atoms with van der Waals surface area (Å²) in [6, 6.07) is 11.8. The van der Waals surface area contributed by atoms with Gasteiger partial charge in [-0.3, -0.25) is 0 Å². The van der Waals surface area contributed by atoms with Crippen molar-refractivity contribution in [2.45, 2.75) is 11.8 Å². The van der Waals surface area contributed by atoms with Crippen LogP contribution in [0.5, 0.6) is 11.5 Å². The molecule has 1 aromatic heterocycles. The Morgan fingerprint density at radius 3 is 2.47 bits per heavy atom. The molecule has 3 rings (SSSR count). The molecule has 0 saturated carbocycles. The summed E-state index contributed by atoms with van der Waals surface area (Å²) in [5, 5.41) is 5.93. The molecule has 0 aliphatic rings. The van der Waals surface area contributed by atoms with E-state index in [2.05, 4.69) is 10.6 Å². The molecule has 3 aromatic rings. The molecule has 2 aromatic carbocycles. The minimum Gasteiger partial charge on any atom is -0.493 e. The highest BCUT2D eigenvalue weighted by molar-refractivity contribution is 7.91. The maximum atomic E-state index is 13.0. The number of methoxy groups -OCH3 is 2. The number of ether oxygens (including phenoxy) is 2. The molecule has 0 saturated heterocycles. The van der Waals surface area contributed by atoms with Crippen molar-refractivity contribution in [3.63, 3.8) is 0 Å². The van der Waals surface area contributed by atoms with E-state index in [0.29, 0.717) is 33.2 Å². The van der Waals surface area contributed by atoms with Crippen molar-refractivity contribution in [1.82, 2.24) is 9.88 Å². The van der Waals surface area contributed by atoms with Gasteiger partial charge in [0.15, 0.2) is 21.3 Å². The largest absolute Gasteiger partial charge is 0.493 e. The van der Waals surface area contributed by atoms with Crippen LogP contribution in [0.2, 0.25) is 0 Å². The number of hydrogen-bond acceptors (Lipinski definition) is 5. The molecule has 0 radical (unpaired) electrons. The number of anilines is 1. The molecular weight excluding hydrogens is 406 g/mol. The fourth-order valence-corrected chi connectivity index (χ4v) is 5.04. The van der Waals surface area contributed by atoms with Gasteiger partial charge in [0.2, 0.25) is 0 Å². The number of fused-ring (bicyclic) bond motifs is 1. The predicted octanol–water partition coefficient (Wildman–Crippen LogP) is 3.10. The first-order chi connectivity index (χ1) is 14.3. The van der Waals surface area contributed by atoms with Gasteiger partial charge >= 0.3 is 6.03 Å². The van der Waals surface area contributed by atoms with Crippen LogP contribution in [0.4, 0.5) is 10.5 Å². The van der Waals surface area contributed by atoms with Gasteiger partial charge in [0, 0.05) is 41.9 Å². The van der Waals surface area contributed by atoms with E-state index in [-0.39, 0.29) is 12.3 Å². The van der Waals surface area contributed by atoms with E-state index >= 15 is 0 Å². The summed E-state index contributed by atoms with van der Waals surface area (Å²) in [6.07, 6.45) is 0. The average molecular weight is 432 g/mol. The summed E-state index contributed by atoms with van der Waals surface area (Å²) >= 11 is 0. The van der Waals surface area contributed by atoms with Crippen molar-refractivity contribution in [2.75, 3.05) is 31.8 Å². The number of nitrogens with one attached hydrogen (secondary N) is 2. The van der Waals surface area contributed by atoms with E-state index in [1.807, 2.05) is 29.8 Å². The lowest BCUT2D eigenvalue weighted by atomic mass is 10.2. The molecule has 0 aliphatic heterocycles. The Morgan fingerprint density at radius 2 is 1.77 bits per heavy atom. The van der Waals surface area contributed by atoms with Gasteiger partial charge in [-0.1, -0.05) is 18.2 Å². The second kappa shape index (κ2) is 8.66. The second-order valence-electron chi connectivity index (χ2n) is 6.76. The molecule has 0 spiro atoms. The van der Waals surface area contributed by atoms with Crippen LogP contribution < -0.4 is 20.1 Å². The molecule has 0 fully saturated rings. The van der Waals surface area contributed by atoms with Crippen LogP contribution in [0.15, 0.2) is 47.4 Å². The van der Waals surface area contributed by atoms with Gasteiger partial charge in [0.05, 0.1) is 24.9 Å². The second-order valence-corrected chi connectivity index (χ2v) is 8.81.